The van der Waals surface area contributed by atoms with Crippen molar-refractivity contribution in [2.75, 3.05) is 0 Å². The van der Waals surface area contributed by atoms with Gasteiger partial charge < -0.3 is 0 Å². The van der Waals surface area contributed by atoms with Crippen molar-refractivity contribution >= 4 is 17.2 Å². The summed E-state index contributed by atoms with van der Waals surface area (Å²) in [6, 6.07) is 14.0. The van der Waals surface area contributed by atoms with Gasteiger partial charge in [-0.3, -0.25) is 0 Å². The van der Waals surface area contributed by atoms with E-state index >= 15 is 0 Å². The summed E-state index contributed by atoms with van der Waals surface area (Å²) in [5, 5.41) is 4.65. The summed E-state index contributed by atoms with van der Waals surface area (Å²) in [4.78, 5) is 4.51. The molecule has 0 radical (unpaired) electrons. The molecule has 3 rings (SSSR count). The number of imidazole rings is 1. The van der Waals surface area contributed by atoms with Crippen molar-refractivity contribution < 1.29 is 0 Å². The second-order valence-corrected chi connectivity index (χ2v) is 4.56. The van der Waals surface area contributed by atoms with E-state index in [1.54, 1.807) is 10.6 Å². The molecule has 0 aliphatic rings. The van der Waals surface area contributed by atoms with Gasteiger partial charge in [-0.25, -0.2) is 9.50 Å². The predicted octanol–water partition coefficient (Wildman–Crippen LogP) is 3.17. The number of aromatic nitrogens is 3. The third-order valence-corrected chi connectivity index (χ3v) is 3.05. The fourth-order valence-electron chi connectivity index (χ4n) is 1.95. The van der Waals surface area contributed by atoms with E-state index < -0.39 is 0 Å². The van der Waals surface area contributed by atoms with Gasteiger partial charge in [0.05, 0.1) is 11.9 Å². The SMILES string of the molecule is Clc1ccc2nc(CCc3ccccc3)cn2n1. The molecular formula is C14H12ClN3. The number of hydrogen-bond donors (Lipinski definition) is 0. The molecule has 0 amide bonds. The lowest BCUT2D eigenvalue weighted by molar-refractivity contribution is 0.909. The highest BCUT2D eigenvalue weighted by Gasteiger charge is 2.03. The van der Waals surface area contributed by atoms with Gasteiger partial charge in [0.15, 0.2) is 5.65 Å². The van der Waals surface area contributed by atoms with Gasteiger partial charge in [-0.05, 0) is 30.5 Å². The minimum atomic E-state index is 0.481. The number of halogens is 1. The van der Waals surface area contributed by atoms with Crippen molar-refractivity contribution in [1.29, 1.82) is 0 Å². The number of rotatable bonds is 3. The Morgan fingerprint density at radius 1 is 1.00 bits per heavy atom. The van der Waals surface area contributed by atoms with E-state index in [1.165, 1.54) is 5.56 Å². The monoisotopic (exact) mass is 257 g/mol. The zero-order chi connectivity index (χ0) is 12.4. The molecule has 0 unspecified atom stereocenters. The van der Waals surface area contributed by atoms with Gasteiger partial charge in [0.2, 0.25) is 0 Å². The van der Waals surface area contributed by atoms with E-state index in [4.69, 9.17) is 11.6 Å². The quantitative estimate of drug-likeness (QED) is 0.721. The Bertz CT molecular complexity index is 661. The van der Waals surface area contributed by atoms with Crippen LogP contribution in [0.2, 0.25) is 5.15 Å². The van der Waals surface area contributed by atoms with E-state index in [1.807, 2.05) is 18.3 Å². The first-order chi connectivity index (χ1) is 8.81. The van der Waals surface area contributed by atoms with Crippen molar-refractivity contribution in [3.05, 3.63) is 65.1 Å². The average molecular weight is 258 g/mol. The van der Waals surface area contributed by atoms with Crippen LogP contribution in [0.3, 0.4) is 0 Å². The second-order valence-electron chi connectivity index (χ2n) is 4.18. The van der Waals surface area contributed by atoms with E-state index in [-0.39, 0.29) is 0 Å². The van der Waals surface area contributed by atoms with Crippen molar-refractivity contribution in [2.45, 2.75) is 12.8 Å². The van der Waals surface area contributed by atoms with Crippen molar-refractivity contribution in [2.24, 2.45) is 0 Å². The maximum atomic E-state index is 5.84. The molecule has 0 N–H and O–H groups in total. The summed E-state index contributed by atoms with van der Waals surface area (Å²) in [7, 11) is 0. The van der Waals surface area contributed by atoms with Crippen LogP contribution in [0.15, 0.2) is 48.7 Å². The minimum Gasteiger partial charge on any atom is -0.232 e. The number of fused-ring (bicyclic) bond motifs is 1. The highest BCUT2D eigenvalue weighted by Crippen LogP contribution is 2.10. The maximum Gasteiger partial charge on any atom is 0.153 e. The average Bonchev–Trinajstić information content (AvgIpc) is 2.79. The summed E-state index contributed by atoms with van der Waals surface area (Å²) in [5.74, 6) is 0. The lowest BCUT2D eigenvalue weighted by atomic mass is 10.1. The van der Waals surface area contributed by atoms with Crippen molar-refractivity contribution in [3.8, 4) is 0 Å². The molecule has 0 saturated heterocycles. The van der Waals surface area contributed by atoms with Crippen LogP contribution in [0, 0.1) is 0 Å². The Labute approximate surface area is 110 Å². The third-order valence-electron chi connectivity index (χ3n) is 2.85. The fourth-order valence-corrected chi connectivity index (χ4v) is 2.09. The van der Waals surface area contributed by atoms with Crippen molar-refractivity contribution in [1.82, 2.24) is 14.6 Å². The van der Waals surface area contributed by atoms with E-state index in [2.05, 4.69) is 34.3 Å². The predicted molar refractivity (Wildman–Crippen MR) is 71.8 cm³/mol. The molecule has 0 atom stereocenters. The molecule has 0 fully saturated rings. The van der Waals surface area contributed by atoms with Gasteiger partial charge >= 0.3 is 0 Å². The first-order valence-electron chi connectivity index (χ1n) is 5.86. The lowest BCUT2D eigenvalue weighted by Crippen LogP contribution is -1.91. The normalized spacial score (nSPS) is 10.9. The zero-order valence-corrected chi connectivity index (χ0v) is 10.5. The summed E-state index contributed by atoms with van der Waals surface area (Å²) in [6.07, 6.45) is 3.83. The third kappa shape index (κ3) is 2.36. The number of benzene rings is 1. The van der Waals surface area contributed by atoms with Crippen LogP contribution < -0.4 is 0 Å². The van der Waals surface area contributed by atoms with Crippen LogP contribution in [0.5, 0.6) is 0 Å². The van der Waals surface area contributed by atoms with E-state index in [0.29, 0.717) is 5.15 Å². The second kappa shape index (κ2) is 4.78. The van der Waals surface area contributed by atoms with Gasteiger partial charge in [-0.2, -0.15) is 5.10 Å². The highest BCUT2D eigenvalue weighted by atomic mass is 35.5. The fraction of sp³-hybridized carbons (Fsp3) is 0.143. The van der Waals surface area contributed by atoms with Gasteiger partial charge in [-0.15, -0.1) is 0 Å². The van der Waals surface area contributed by atoms with E-state index in [0.717, 1.165) is 24.2 Å². The molecule has 0 saturated carbocycles. The summed E-state index contributed by atoms with van der Waals surface area (Å²) >= 11 is 5.84. The van der Waals surface area contributed by atoms with Crippen LogP contribution in [0.1, 0.15) is 11.3 Å². The molecule has 2 aromatic heterocycles. The zero-order valence-electron chi connectivity index (χ0n) is 9.75. The number of aryl methyl sites for hydroxylation is 2. The molecule has 1 aromatic carbocycles. The first kappa shape index (κ1) is 11.2. The van der Waals surface area contributed by atoms with Crippen LogP contribution in [-0.4, -0.2) is 14.6 Å². The smallest absolute Gasteiger partial charge is 0.153 e. The Morgan fingerprint density at radius 2 is 1.83 bits per heavy atom. The summed E-state index contributed by atoms with van der Waals surface area (Å²) in [5.41, 5.74) is 3.19. The first-order valence-corrected chi connectivity index (χ1v) is 6.24. The molecule has 18 heavy (non-hydrogen) atoms. The molecule has 90 valence electrons. The molecule has 0 aliphatic carbocycles. The number of nitrogens with zero attached hydrogens (tertiary/aromatic N) is 3. The van der Waals surface area contributed by atoms with Crippen LogP contribution in [0.4, 0.5) is 0 Å². The van der Waals surface area contributed by atoms with Crippen molar-refractivity contribution in [3.63, 3.8) is 0 Å². The molecular weight excluding hydrogens is 246 g/mol. The molecule has 0 aliphatic heterocycles. The maximum absolute atomic E-state index is 5.84. The highest BCUT2D eigenvalue weighted by molar-refractivity contribution is 6.29. The lowest BCUT2D eigenvalue weighted by Gasteiger charge is -1.97. The molecule has 3 nitrogen and oxygen atoms in total. The van der Waals surface area contributed by atoms with Gasteiger partial charge in [0, 0.05) is 0 Å². The van der Waals surface area contributed by atoms with Gasteiger partial charge in [-0.1, -0.05) is 41.9 Å². The Kier molecular flexibility index (Phi) is 2.99. The Balaban J connectivity index is 1.79. The Morgan fingerprint density at radius 3 is 2.67 bits per heavy atom. The molecule has 2 heterocycles. The standard InChI is InChI=1S/C14H12ClN3/c15-13-8-9-14-16-12(10-18(14)17-13)7-6-11-4-2-1-3-5-11/h1-5,8-10H,6-7H2. The molecule has 3 aromatic rings. The minimum absolute atomic E-state index is 0.481. The largest absolute Gasteiger partial charge is 0.232 e. The molecule has 0 bridgehead atoms. The van der Waals surface area contributed by atoms with E-state index in [9.17, 15) is 0 Å². The van der Waals surface area contributed by atoms with Gasteiger partial charge in [0.1, 0.15) is 5.15 Å². The van der Waals surface area contributed by atoms with Gasteiger partial charge in [0.25, 0.3) is 0 Å². The molecule has 0 spiro atoms. The van der Waals surface area contributed by atoms with Crippen LogP contribution >= 0.6 is 11.6 Å². The van der Waals surface area contributed by atoms with Crippen LogP contribution in [0.25, 0.3) is 5.65 Å². The summed E-state index contributed by atoms with van der Waals surface area (Å²) in [6.45, 7) is 0. The van der Waals surface area contributed by atoms with Crippen LogP contribution in [-0.2, 0) is 12.8 Å². The number of hydrogen-bond acceptors (Lipinski definition) is 2. The summed E-state index contributed by atoms with van der Waals surface area (Å²) < 4.78 is 1.72. The Hall–Kier alpha value is -1.87. The molecule has 4 heteroatoms. The topological polar surface area (TPSA) is 30.2 Å².